The molecule has 10 nitrogen and oxygen atoms in total. The predicted molar refractivity (Wildman–Crippen MR) is 150 cm³/mol. The summed E-state index contributed by atoms with van der Waals surface area (Å²) < 4.78 is 68.8. The van der Waals surface area contributed by atoms with Crippen molar-refractivity contribution < 1.29 is 26.6 Å². The number of aliphatic imine (C=N–C) groups is 2. The molecule has 0 rings (SSSR count). The van der Waals surface area contributed by atoms with Crippen LogP contribution >= 0.6 is 0 Å². The van der Waals surface area contributed by atoms with Gasteiger partial charge in [-0.1, -0.05) is 57.8 Å². The minimum absolute atomic E-state index is 0.356. The second-order valence-corrected chi connectivity index (χ2v) is 15.9. The van der Waals surface area contributed by atoms with Gasteiger partial charge in [-0.15, -0.1) is 0 Å². The van der Waals surface area contributed by atoms with Crippen LogP contribution in [0.3, 0.4) is 0 Å². The second kappa shape index (κ2) is 14.7. The topological polar surface area (TPSA) is 164 Å². The van der Waals surface area contributed by atoms with Crippen molar-refractivity contribution in [1.82, 2.24) is 9.44 Å². The molecule has 0 aliphatic rings. The number of nitrogens with zero attached hydrogens (tertiary/aromatic N) is 2. The maximum Gasteiger partial charge on any atom is 0.160 e. The van der Waals surface area contributed by atoms with Crippen molar-refractivity contribution in [3.05, 3.63) is 0 Å². The summed E-state index contributed by atoms with van der Waals surface area (Å²) in [6.45, 7) is 5.95. The Morgan fingerprint density at radius 3 is 1.00 bits per heavy atom. The fourth-order valence-corrected chi connectivity index (χ4v) is 5.02. The zero-order chi connectivity index (χ0) is 27.2. The van der Waals surface area contributed by atoms with E-state index in [1.54, 1.807) is 14.1 Å². The Hall–Kier alpha value is -0.920. The van der Waals surface area contributed by atoms with Crippen LogP contribution in [-0.4, -0.2) is 62.9 Å². The first kappa shape index (κ1) is 34.1. The van der Waals surface area contributed by atoms with E-state index in [1.807, 2.05) is 0 Å². The molecule has 0 aromatic heterocycles. The fourth-order valence-electron chi connectivity index (χ4n) is 3.27. The van der Waals surface area contributed by atoms with Crippen LogP contribution in [-0.2, 0) is 19.6 Å². The summed E-state index contributed by atoms with van der Waals surface area (Å²) in [4.78, 5) is 7.99. The van der Waals surface area contributed by atoms with Gasteiger partial charge < -0.3 is 0 Å². The minimum atomic E-state index is -4.88. The molecule has 12 heteroatoms. The van der Waals surface area contributed by atoms with Crippen molar-refractivity contribution in [1.29, 1.82) is 0 Å². The number of nitrogens with one attached hydrogen (secondary N) is 2. The highest BCUT2D eigenvalue weighted by Crippen LogP contribution is 2.21. The lowest BCUT2D eigenvalue weighted by atomic mass is 10.0. The van der Waals surface area contributed by atoms with Crippen molar-refractivity contribution in [2.24, 2.45) is 9.98 Å². The van der Waals surface area contributed by atoms with Crippen LogP contribution in [0.15, 0.2) is 9.98 Å². The lowest BCUT2D eigenvalue weighted by molar-refractivity contribution is 0.370. The quantitative estimate of drug-likeness (QED) is 0.0760. The summed E-state index contributed by atoms with van der Waals surface area (Å²) in [5.41, 5.74) is 0. The molecular weight excluding hydrogens is 492 g/mol. The Morgan fingerprint density at radius 1 is 0.571 bits per heavy atom. The Kier molecular flexibility index (Phi) is 14.3. The monoisotopic (exact) mass is 544 g/mol. The third-order valence-corrected chi connectivity index (χ3v) is 10.8. The highest BCUT2D eigenvalue weighted by Gasteiger charge is 2.35. The Labute approximate surface area is 213 Å². The van der Waals surface area contributed by atoms with Crippen molar-refractivity contribution in [3.63, 3.8) is 0 Å². The molecule has 0 fully saturated rings. The van der Waals surface area contributed by atoms with E-state index in [1.165, 1.54) is 47.0 Å². The molecule has 0 spiro atoms. The van der Waals surface area contributed by atoms with Crippen LogP contribution in [0.5, 0.6) is 0 Å². The Morgan fingerprint density at radius 2 is 0.800 bits per heavy atom. The zero-order valence-electron chi connectivity index (χ0n) is 22.7. The van der Waals surface area contributed by atoms with Gasteiger partial charge in [-0.2, -0.15) is 0 Å². The maximum absolute atomic E-state index is 12.2. The lowest BCUT2D eigenvalue weighted by Gasteiger charge is -2.36. The SMILES string of the molecule is CN=C(CCCCCCCCCCCCCC(=NC)NS(=O)(O)(O)C(C)C)NS(=O)(O)(O)C(C)C. The summed E-state index contributed by atoms with van der Waals surface area (Å²) >= 11 is 0. The average Bonchev–Trinajstić information content (AvgIpc) is 2.74. The minimum Gasteiger partial charge on any atom is -0.293 e. The van der Waals surface area contributed by atoms with Gasteiger partial charge in [-0.25, -0.2) is 8.42 Å². The lowest BCUT2D eigenvalue weighted by Crippen LogP contribution is -2.55. The van der Waals surface area contributed by atoms with E-state index >= 15 is 0 Å². The summed E-state index contributed by atoms with van der Waals surface area (Å²) in [5.74, 6) is 0.713. The molecule has 0 aromatic rings. The molecule has 0 atom stereocenters. The summed E-state index contributed by atoms with van der Waals surface area (Å²) in [6.07, 6.45) is 12.8. The summed E-state index contributed by atoms with van der Waals surface area (Å²) in [5, 5.41) is -1.65. The number of hydrogen-bond donors (Lipinski definition) is 6. The van der Waals surface area contributed by atoms with Gasteiger partial charge in [0.15, 0.2) is 19.6 Å². The van der Waals surface area contributed by atoms with Crippen LogP contribution in [0.1, 0.15) is 111 Å². The zero-order valence-corrected chi connectivity index (χ0v) is 24.3. The maximum atomic E-state index is 12.2. The Bertz CT molecular complexity index is 749. The smallest absolute Gasteiger partial charge is 0.160 e. The molecule has 0 saturated heterocycles. The molecule has 0 radical (unpaired) electrons. The summed E-state index contributed by atoms with van der Waals surface area (Å²) in [6, 6.07) is 0. The van der Waals surface area contributed by atoms with E-state index < -0.39 is 30.1 Å². The highest BCUT2D eigenvalue weighted by molar-refractivity contribution is 8.09. The molecule has 0 saturated carbocycles. The van der Waals surface area contributed by atoms with Gasteiger partial charge in [0.25, 0.3) is 0 Å². The van der Waals surface area contributed by atoms with Crippen molar-refractivity contribution >= 4 is 31.3 Å². The third kappa shape index (κ3) is 14.4. The molecule has 0 aliphatic carbocycles. The van der Waals surface area contributed by atoms with E-state index in [2.05, 4.69) is 19.4 Å². The van der Waals surface area contributed by atoms with Crippen LogP contribution in [0.2, 0.25) is 0 Å². The first-order valence-electron chi connectivity index (χ1n) is 12.8. The number of rotatable bonds is 18. The molecule has 6 N–H and O–H groups in total. The molecular formula is C23H52N4O6S2. The van der Waals surface area contributed by atoms with E-state index in [9.17, 15) is 26.6 Å². The summed E-state index contributed by atoms with van der Waals surface area (Å²) in [7, 11) is -6.66. The normalized spacial score (nSPS) is 16.1. The molecule has 0 bridgehead atoms. The van der Waals surface area contributed by atoms with Crippen LogP contribution in [0.25, 0.3) is 0 Å². The molecule has 0 aromatic carbocycles. The van der Waals surface area contributed by atoms with Crippen molar-refractivity contribution in [2.45, 2.75) is 122 Å². The number of unbranched alkanes of at least 4 members (excludes halogenated alkanes) is 10. The van der Waals surface area contributed by atoms with Crippen LogP contribution in [0.4, 0.5) is 0 Å². The van der Waals surface area contributed by atoms with Crippen LogP contribution in [0, 0.1) is 0 Å². The predicted octanol–water partition coefficient (Wildman–Crippen LogP) is 5.47. The molecule has 0 amide bonds. The van der Waals surface area contributed by atoms with E-state index in [4.69, 9.17) is 0 Å². The number of amidine groups is 2. The van der Waals surface area contributed by atoms with Gasteiger partial charge in [0, 0.05) is 26.9 Å². The molecule has 0 aliphatic heterocycles. The first-order chi connectivity index (χ1) is 16.0. The van der Waals surface area contributed by atoms with Gasteiger partial charge in [-0.3, -0.25) is 37.6 Å². The highest BCUT2D eigenvalue weighted by atomic mass is 32.3. The van der Waals surface area contributed by atoms with E-state index in [-0.39, 0.29) is 0 Å². The molecule has 212 valence electrons. The standard InChI is InChI=1S/C23H52N4O6S2/c1-20(2)34(28,29,30)26-22(24-5)18-16-14-12-10-8-7-9-11-13-15-17-19-23(25-6)27-35(31,32,33)21(3)4/h20-21H,7-19H2,1-6H3,(H3,24,26,28,29,30)(H3,25,27,31,32,33). The van der Waals surface area contributed by atoms with Crippen molar-refractivity contribution in [2.75, 3.05) is 14.1 Å². The molecule has 35 heavy (non-hydrogen) atoms. The fraction of sp³-hybridized carbons (Fsp3) is 0.913. The average molecular weight is 545 g/mol. The second-order valence-electron chi connectivity index (χ2n) is 9.87. The van der Waals surface area contributed by atoms with E-state index in [0.717, 1.165) is 51.4 Å². The van der Waals surface area contributed by atoms with Gasteiger partial charge in [0.05, 0.1) is 10.5 Å². The van der Waals surface area contributed by atoms with Crippen LogP contribution < -0.4 is 9.44 Å². The largest absolute Gasteiger partial charge is 0.293 e. The number of hydrogen-bond acceptors (Lipinski definition) is 4. The molecule has 0 unspecified atom stereocenters. The Balaban J connectivity index is 3.84. The van der Waals surface area contributed by atoms with Gasteiger partial charge in [0.1, 0.15) is 11.7 Å². The van der Waals surface area contributed by atoms with Gasteiger partial charge in [0.2, 0.25) is 0 Å². The van der Waals surface area contributed by atoms with Crippen molar-refractivity contribution in [3.8, 4) is 0 Å². The van der Waals surface area contributed by atoms with Gasteiger partial charge in [-0.05, 0) is 40.5 Å². The molecule has 0 heterocycles. The van der Waals surface area contributed by atoms with E-state index in [0.29, 0.717) is 24.5 Å². The first-order valence-corrected chi connectivity index (χ1v) is 16.7. The third-order valence-electron chi connectivity index (χ3n) is 6.19. The van der Waals surface area contributed by atoms with Gasteiger partial charge >= 0.3 is 0 Å².